The molecule has 0 aliphatic carbocycles. The number of hydrogen-bond acceptors (Lipinski definition) is 3. The zero-order valence-corrected chi connectivity index (χ0v) is 11.6. The Hall–Kier alpha value is -2.37. The predicted octanol–water partition coefficient (Wildman–Crippen LogP) is 0.116. The number of amides is 3. The second-order valence-electron chi connectivity index (χ2n) is 4.34. The third kappa shape index (κ3) is 5.51. The largest absolute Gasteiger partial charge is 0.355 e. The first-order valence-electron chi connectivity index (χ1n) is 6.38. The Kier molecular flexibility index (Phi) is 6.22. The van der Waals surface area contributed by atoms with Gasteiger partial charge in [0.25, 0.3) is 0 Å². The van der Waals surface area contributed by atoms with Crippen LogP contribution in [0.5, 0.6) is 0 Å². The maximum Gasteiger partial charge on any atom is 0.309 e. The van der Waals surface area contributed by atoms with E-state index in [0.717, 1.165) is 5.56 Å². The van der Waals surface area contributed by atoms with Crippen LogP contribution in [0.3, 0.4) is 0 Å². The highest BCUT2D eigenvalue weighted by atomic mass is 16.2. The van der Waals surface area contributed by atoms with Crippen LogP contribution >= 0.6 is 0 Å². The van der Waals surface area contributed by atoms with Crippen LogP contribution in [0.15, 0.2) is 30.3 Å². The summed E-state index contributed by atoms with van der Waals surface area (Å²) >= 11 is 0. The smallest absolute Gasteiger partial charge is 0.309 e. The highest BCUT2D eigenvalue weighted by Gasteiger charge is 2.16. The lowest BCUT2D eigenvalue weighted by Gasteiger charge is -2.14. The fraction of sp³-hybridized carbons (Fsp3) is 0.357. The first-order valence-corrected chi connectivity index (χ1v) is 6.38. The molecule has 6 heteroatoms. The number of carbonyl (C=O) groups excluding carboxylic acids is 3. The Bertz CT molecular complexity index is 474. The van der Waals surface area contributed by atoms with E-state index in [-0.39, 0.29) is 18.5 Å². The lowest BCUT2D eigenvalue weighted by atomic mass is 10.1. The molecular formula is C14H19N3O3. The van der Waals surface area contributed by atoms with Gasteiger partial charge in [-0.25, -0.2) is 0 Å². The summed E-state index contributed by atoms with van der Waals surface area (Å²) in [5.41, 5.74) is 0.923. The van der Waals surface area contributed by atoms with Crippen molar-refractivity contribution in [2.24, 2.45) is 0 Å². The minimum absolute atomic E-state index is 0.179. The predicted molar refractivity (Wildman–Crippen MR) is 74.7 cm³/mol. The number of hydrogen-bond donors (Lipinski definition) is 3. The van der Waals surface area contributed by atoms with E-state index in [4.69, 9.17) is 0 Å². The van der Waals surface area contributed by atoms with E-state index in [9.17, 15) is 14.4 Å². The molecule has 3 N–H and O–H groups in total. The third-order valence-corrected chi connectivity index (χ3v) is 2.64. The van der Waals surface area contributed by atoms with Crippen molar-refractivity contribution in [3.8, 4) is 0 Å². The van der Waals surface area contributed by atoms with Crippen molar-refractivity contribution in [3.63, 3.8) is 0 Å². The second kappa shape index (κ2) is 7.93. The van der Waals surface area contributed by atoms with Gasteiger partial charge in [-0.2, -0.15) is 0 Å². The molecule has 6 nitrogen and oxygen atoms in total. The van der Waals surface area contributed by atoms with Gasteiger partial charge < -0.3 is 16.0 Å². The number of carbonyl (C=O) groups is 3. The zero-order valence-electron chi connectivity index (χ0n) is 11.6. The summed E-state index contributed by atoms with van der Waals surface area (Å²) in [6.45, 7) is 3.70. The second-order valence-corrected chi connectivity index (χ2v) is 4.34. The van der Waals surface area contributed by atoms with Gasteiger partial charge in [-0.1, -0.05) is 30.3 Å². The monoisotopic (exact) mass is 277 g/mol. The van der Waals surface area contributed by atoms with Crippen LogP contribution < -0.4 is 16.0 Å². The van der Waals surface area contributed by atoms with Crippen LogP contribution in [0.25, 0.3) is 0 Å². The molecule has 0 fully saturated rings. The van der Waals surface area contributed by atoms with Crippen LogP contribution in [0.4, 0.5) is 0 Å². The highest BCUT2D eigenvalue weighted by Crippen LogP contribution is 2.10. The standard InChI is InChI=1S/C14H19N3O3/c1-10(12-6-4-3-5-7-12)17-14(20)13(19)16-9-8-15-11(2)18/h3-7,10H,8-9H2,1-2H3,(H,15,18)(H,16,19)(H,17,20). The molecule has 0 spiro atoms. The van der Waals surface area contributed by atoms with Crippen molar-refractivity contribution in [2.75, 3.05) is 13.1 Å². The Morgan fingerprint density at radius 2 is 1.60 bits per heavy atom. The van der Waals surface area contributed by atoms with Crippen LogP contribution in [-0.2, 0) is 14.4 Å². The molecule has 0 aliphatic rings. The quantitative estimate of drug-likeness (QED) is 0.527. The van der Waals surface area contributed by atoms with Crippen molar-refractivity contribution in [1.82, 2.24) is 16.0 Å². The van der Waals surface area contributed by atoms with Gasteiger partial charge in [0.1, 0.15) is 0 Å². The molecule has 0 saturated heterocycles. The molecule has 0 aliphatic heterocycles. The minimum Gasteiger partial charge on any atom is -0.355 e. The summed E-state index contributed by atoms with van der Waals surface area (Å²) in [6, 6.07) is 9.12. The fourth-order valence-corrected chi connectivity index (χ4v) is 1.58. The molecule has 0 aromatic heterocycles. The summed E-state index contributed by atoms with van der Waals surface area (Å²) in [6.07, 6.45) is 0. The number of nitrogens with one attached hydrogen (secondary N) is 3. The topological polar surface area (TPSA) is 87.3 Å². The van der Waals surface area contributed by atoms with Crippen LogP contribution in [0.1, 0.15) is 25.5 Å². The molecular weight excluding hydrogens is 258 g/mol. The van der Waals surface area contributed by atoms with E-state index >= 15 is 0 Å². The average molecular weight is 277 g/mol. The Morgan fingerprint density at radius 1 is 1.00 bits per heavy atom. The van der Waals surface area contributed by atoms with Gasteiger partial charge in [0.15, 0.2) is 0 Å². The van der Waals surface area contributed by atoms with Crippen molar-refractivity contribution in [1.29, 1.82) is 0 Å². The maximum absolute atomic E-state index is 11.6. The molecule has 1 aromatic carbocycles. The van der Waals surface area contributed by atoms with Gasteiger partial charge >= 0.3 is 11.8 Å². The molecule has 1 atom stereocenters. The highest BCUT2D eigenvalue weighted by molar-refractivity contribution is 6.35. The van der Waals surface area contributed by atoms with E-state index in [0.29, 0.717) is 6.54 Å². The lowest BCUT2D eigenvalue weighted by Crippen LogP contribution is -2.43. The van der Waals surface area contributed by atoms with Crippen molar-refractivity contribution in [2.45, 2.75) is 19.9 Å². The lowest BCUT2D eigenvalue weighted by molar-refractivity contribution is -0.139. The molecule has 1 aromatic rings. The number of rotatable bonds is 5. The van der Waals surface area contributed by atoms with Gasteiger partial charge in [0.05, 0.1) is 6.04 Å². The van der Waals surface area contributed by atoms with Crippen molar-refractivity contribution in [3.05, 3.63) is 35.9 Å². The summed E-state index contributed by atoms with van der Waals surface area (Å²) in [5.74, 6) is -1.58. The molecule has 0 radical (unpaired) electrons. The van der Waals surface area contributed by atoms with Crippen LogP contribution in [0, 0.1) is 0 Å². The summed E-state index contributed by atoms with van der Waals surface area (Å²) in [4.78, 5) is 33.8. The summed E-state index contributed by atoms with van der Waals surface area (Å²) in [5, 5.41) is 7.56. The SMILES string of the molecule is CC(=O)NCCNC(=O)C(=O)NC(C)c1ccccc1. The Morgan fingerprint density at radius 3 is 2.20 bits per heavy atom. The summed E-state index contributed by atoms with van der Waals surface area (Å²) in [7, 11) is 0. The molecule has 0 saturated carbocycles. The van der Waals surface area contributed by atoms with Crippen molar-refractivity contribution >= 4 is 17.7 Å². The van der Waals surface area contributed by atoms with Gasteiger partial charge in [-0.3, -0.25) is 14.4 Å². The van der Waals surface area contributed by atoms with Crippen LogP contribution in [0.2, 0.25) is 0 Å². The minimum atomic E-state index is -0.710. The molecule has 1 rings (SSSR count). The third-order valence-electron chi connectivity index (χ3n) is 2.64. The van der Waals surface area contributed by atoms with Crippen LogP contribution in [-0.4, -0.2) is 30.8 Å². The molecule has 1 unspecified atom stereocenters. The Balaban J connectivity index is 2.34. The maximum atomic E-state index is 11.6. The molecule has 0 heterocycles. The average Bonchev–Trinajstić information content (AvgIpc) is 2.44. The van der Waals surface area contributed by atoms with E-state index < -0.39 is 11.8 Å². The van der Waals surface area contributed by atoms with E-state index in [1.165, 1.54) is 6.92 Å². The first kappa shape index (κ1) is 15.7. The molecule has 3 amide bonds. The molecule has 108 valence electrons. The normalized spacial score (nSPS) is 11.3. The first-order chi connectivity index (χ1) is 9.50. The van der Waals surface area contributed by atoms with Gasteiger partial charge in [0.2, 0.25) is 5.91 Å². The zero-order chi connectivity index (χ0) is 15.0. The Labute approximate surface area is 117 Å². The molecule has 0 bridgehead atoms. The van der Waals surface area contributed by atoms with E-state index in [2.05, 4.69) is 16.0 Å². The number of benzene rings is 1. The van der Waals surface area contributed by atoms with Gasteiger partial charge in [-0.15, -0.1) is 0 Å². The molecule has 20 heavy (non-hydrogen) atoms. The van der Waals surface area contributed by atoms with Crippen molar-refractivity contribution < 1.29 is 14.4 Å². The van der Waals surface area contributed by atoms with Gasteiger partial charge in [0, 0.05) is 20.0 Å². The fourth-order valence-electron chi connectivity index (χ4n) is 1.58. The van der Waals surface area contributed by atoms with E-state index in [1.807, 2.05) is 30.3 Å². The van der Waals surface area contributed by atoms with E-state index in [1.54, 1.807) is 6.92 Å². The summed E-state index contributed by atoms with van der Waals surface area (Å²) < 4.78 is 0. The van der Waals surface area contributed by atoms with Gasteiger partial charge in [-0.05, 0) is 12.5 Å².